The van der Waals surface area contributed by atoms with Crippen LogP contribution in [0.15, 0.2) is 75.7 Å². The van der Waals surface area contributed by atoms with E-state index < -0.39 is 11.8 Å². The van der Waals surface area contributed by atoms with Gasteiger partial charge in [-0.25, -0.2) is 0 Å². The number of aromatic hydroxyl groups is 1. The zero-order valence-electron chi connectivity index (χ0n) is 13.9. The van der Waals surface area contributed by atoms with Gasteiger partial charge in [-0.15, -0.1) is 0 Å². The summed E-state index contributed by atoms with van der Waals surface area (Å²) in [7, 11) is 0. The monoisotopic (exact) mass is 488 g/mol. The number of carbonyl (C=O) groups excluding carboxylic acids is 2. The molecule has 0 aliphatic heterocycles. The van der Waals surface area contributed by atoms with Crippen molar-refractivity contribution < 1.29 is 14.7 Å². The molecule has 0 radical (unpaired) electrons. The average molecular weight is 490 g/mol. The van der Waals surface area contributed by atoms with E-state index in [9.17, 15) is 14.7 Å². The van der Waals surface area contributed by atoms with E-state index in [2.05, 4.69) is 42.5 Å². The number of phenols is 1. The Labute approximate surface area is 172 Å². The van der Waals surface area contributed by atoms with E-state index in [1.165, 1.54) is 18.2 Å². The van der Waals surface area contributed by atoms with Crippen molar-refractivity contribution in [3.8, 4) is 5.75 Å². The first-order chi connectivity index (χ1) is 13.0. The van der Waals surface area contributed by atoms with Crippen LogP contribution in [0.25, 0.3) is 0 Å². The number of amides is 2. The number of phenolic OH excluding ortho intramolecular Hbond substituents is 1. The number of rotatable bonds is 4. The molecule has 0 fully saturated rings. The Morgan fingerprint density at radius 3 is 1.81 bits per heavy atom. The van der Waals surface area contributed by atoms with Crippen molar-refractivity contribution in [2.24, 2.45) is 0 Å². The molecular formula is C20H14Br2N2O3. The molecule has 0 saturated heterocycles. The van der Waals surface area contributed by atoms with Gasteiger partial charge in [-0.05, 0) is 74.3 Å². The van der Waals surface area contributed by atoms with Crippen molar-refractivity contribution in [1.82, 2.24) is 0 Å². The SMILES string of the molecule is O=C(Nc1ccccc1Br)c1ccc(O)c(C(=O)Nc2ccccc2Br)c1. The number of halogens is 2. The van der Waals surface area contributed by atoms with Crippen LogP contribution in [0.2, 0.25) is 0 Å². The molecule has 27 heavy (non-hydrogen) atoms. The van der Waals surface area contributed by atoms with Crippen molar-refractivity contribution in [2.45, 2.75) is 0 Å². The molecule has 0 heterocycles. The van der Waals surface area contributed by atoms with Gasteiger partial charge in [0.25, 0.3) is 11.8 Å². The van der Waals surface area contributed by atoms with Crippen molar-refractivity contribution in [1.29, 1.82) is 0 Å². The molecule has 7 heteroatoms. The maximum Gasteiger partial charge on any atom is 0.259 e. The molecule has 3 aromatic carbocycles. The average Bonchev–Trinajstić information content (AvgIpc) is 2.65. The van der Waals surface area contributed by atoms with Gasteiger partial charge in [-0.2, -0.15) is 0 Å². The molecule has 0 unspecified atom stereocenters. The van der Waals surface area contributed by atoms with Gasteiger partial charge in [0.15, 0.2) is 0 Å². The van der Waals surface area contributed by atoms with Crippen LogP contribution < -0.4 is 10.6 Å². The zero-order valence-corrected chi connectivity index (χ0v) is 17.0. The first-order valence-corrected chi connectivity index (χ1v) is 9.49. The van der Waals surface area contributed by atoms with Crippen LogP contribution in [-0.2, 0) is 0 Å². The zero-order chi connectivity index (χ0) is 19.4. The molecule has 0 spiro atoms. The molecule has 3 aromatic rings. The number of nitrogens with one attached hydrogen (secondary N) is 2. The molecule has 5 nitrogen and oxygen atoms in total. The van der Waals surface area contributed by atoms with Crippen LogP contribution in [-0.4, -0.2) is 16.9 Å². The summed E-state index contributed by atoms with van der Waals surface area (Å²) < 4.78 is 1.45. The molecular weight excluding hydrogens is 476 g/mol. The Kier molecular flexibility index (Phi) is 5.93. The number of anilines is 2. The van der Waals surface area contributed by atoms with Gasteiger partial charge < -0.3 is 15.7 Å². The predicted octanol–water partition coefficient (Wildman–Crippen LogP) is 5.42. The molecule has 3 N–H and O–H groups in total. The fourth-order valence-corrected chi connectivity index (χ4v) is 3.14. The third-order valence-electron chi connectivity index (χ3n) is 3.75. The smallest absolute Gasteiger partial charge is 0.259 e. The lowest BCUT2D eigenvalue weighted by molar-refractivity contribution is 0.102. The third kappa shape index (κ3) is 4.56. The maximum absolute atomic E-state index is 12.5. The normalized spacial score (nSPS) is 10.3. The van der Waals surface area contributed by atoms with Crippen molar-refractivity contribution >= 4 is 55.0 Å². The van der Waals surface area contributed by atoms with Crippen LogP contribution in [0.1, 0.15) is 20.7 Å². The van der Waals surface area contributed by atoms with E-state index >= 15 is 0 Å². The van der Waals surface area contributed by atoms with Crippen LogP contribution in [0.4, 0.5) is 11.4 Å². The van der Waals surface area contributed by atoms with Gasteiger partial charge >= 0.3 is 0 Å². The highest BCUT2D eigenvalue weighted by molar-refractivity contribution is 9.11. The molecule has 0 aliphatic carbocycles. The summed E-state index contributed by atoms with van der Waals surface area (Å²) in [6.07, 6.45) is 0. The first-order valence-electron chi connectivity index (χ1n) is 7.90. The minimum atomic E-state index is -0.519. The summed E-state index contributed by atoms with van der Waals surface area (Å²) in [5.74, 6) is -1.12. The minimum Gasteiger partial charge on any atom is -0.507 e. The summed E-state index contributed by atoms with van der Waals surface area (Å²) in [5, 5.41) is 15.5. The van der Waals surface area contributed by atoms with Gasteiger partial charge in [0.05, 0.1) is 16.9 Å². The van der Waals surface area contributed by atoms with Gasteiger partial charge in [0.2, 0.25) is 0 Å². The highest BCUT2D eigenvalue weighted by Crippen LogP contribution is 2.26. The lowest BCUT2D eigenvalue weighted by Crippen LogP contribution is -2.16. The second-order valence-electron chi connectivity index (χ2n) is 5.60. The Hall–Kier alpha value is -2.64. The Morgan fingerprint density at radius 2 is 1.26 bits per heavy atom. The summed E-state index contributed by atoms with van der Waals surface area (Å²) in [5.41, 5.74) is 1.42. The van der Waals surface area contributed by atoms with E-state index in [-0.39, 0.29) is 16.9 Å². The van der Waals surface area contributed by atoms with Gasteiger partial charge in [-0.1, -0.05) is 24.3 Å². The fourth-order valence-electron chi connectivity index (χ4n) is 2.37. The lowest BCUT2D eigenvalue weighted by Gasteiger charge is -2.11. The highest BCUT2D eigenvalue weighted by Gasteiger charge is 2.16. The highest BCUT2D eigenvalue weighted by atomic mass is 79.9. The Balaban J connectivity index is 1.83. The van der Waals surface area contributed by atoms with E-state index in [0.717, 1.165) is 4.47 Å². The third-order valence-corrected chi connectivity index (χ3v) is 5.13. The van der Waals surface area contributed by atoms with Crippen LogP contribution in [0.3, 0.4) is 0 Å². The van der Waals surface area contributed by atoms with Crippen LogP contribution in [0, 0.1) is 0 Å². The van der Waals surface area contributed by atoms with Crippen LogP contribution in [0.5, 0.6) is 5.75 Å². The number of carbonyl (C=O) groups is 2. The van der Waals surface area contributed by atoms with Gasteiger partial charge in [0.1, 0.15) is 5.75 Å². The summed E-state index contributed by atoms with van der Waals surface area (Å²) in [4.78, 5) is 25.1. The topological polar surface area (TPSA) is 78.4 Å². The van der Waals surface area contributed by atoms with Crippen molar-refractivity contribution in [2.75, 3.05) is 10.6 Å². The predicted molar refractivity (Wildman–Crippen MR) is 112 cm³/mol. The maximum atomic E-state index is 12.5. The van der Waals surface area contributed by atoms with Gasteiger partial charge in [-0.3, -0.25) is 9.59 Å². The van der Waals surface area contributed by atoms with Crippen molar-refractivity contribution in [3.63, 3.8) is 0 Å². The summed E-state index contributed by atoms with van der Waals surface area (Å²) >= 11 is 6.72. The van der Waals surface area contributed by atoms with Crippen LogP contribution >= 0.6 is 31.9 Å². The molecule has 0 aliphatic rings. The fraction of sp³-hybridized carbons (Fsp3) is 0. The Morgan fingerprint density at radius 1 is 0.741 bits per heavy atom. The van der Waals surface area contributed by atoms with Crippen molar-refractivity contribution in [3.05, 3.63) is 86.8 Å². The first kappa shape index (κ1) is 19.1. The van der Waals surface area contributed by atoms with E-state index in [1.54, 1.807) is 30.3 Å². The Bertz CT molecular complexity index is 1020. The molecule has 0 saturated carbocycles. The number of benzene rings is 3. The molecule has 0 aromatic heterocycles. The second-order valence-corrected chi connectivity index (χ2v) is 7.31. The molecule has 2 amide bonds. The second kappa shape index (κ2) is 8.37. The van der Waals surface area contributed by atoms with E-state index in [4.69, 9.17) is 0 Å². The molecule has 136 valence electrons. The molecule has 0 atom stereocenters. The quantitative estimate of drug-likeness (QED) is 0.457. The minimum absolute atomic E-state index is 0.00512. The molecule has 0 bridgehead atoms. The standard InChI is InChI=1S/C20H14Br2N2O3/c21-14-5-1-3-7-16(14)23-19(26)12-9-10-18(25)13(11-12)20(27)24-17-8-4-2-6-15(17)22/h1-11,25H,(H,23,26)(H,24,27). The number of hydrogen-bond donors (Lipinski definition) is 3. The largest absolute Gasteiger partial charge is 0.507 e. The van der Waals surface area contributed by atoms with E-state index in [1.807, 2.05) is 18.2 Å². The summed E-state index contributed by atoms with van der Waals surface area (Å²) in [6, 6.07) is 18.4. The van der Waals surface area contributed by atoms with E-state index in [0.29, 0.717) is 15.8 Å². The van der Waals surface area contributed by atoms with Gasteiger partial charge in [0, 0.05) is 14.5 Å². The lowest BCUT2D eigenvalue weighted by atomic mass is 10.1. The number of para-hydroxylation sites is 2. The summed E-state index contributed by atoms with van der Waals surface area (Å²) in [6.45, 7) is 0. The number of hydrogen-bond acceptors (Lipinski definition) is 3. The molecule has 3 rings (SSSR count).